The number of fused-ring (bicyclic) bond motifs is 1. The Hall–Kier alpha value is -2.97. The lowest BCUT2D eigenvalue weighted by molar-refractivity contribution is -0.347. The number of unbranched alkanes of at least 4 members (excludes halogenated alkanes) is 3. The van der Waals surface area contributed by atoms with Crippen LogP contribution in [0.1, 0.15) is 65.0 Å². The lowest BCUT2D eigenvalue weighted by atomic mass is 9.87. The number of carboxylic acids is 1. The number of thioether (sulfide) groups is 1. The smallest absolute Gasteiger partial charge is 0.274 e. The molecule has 0 bridgehead atoms. The fourth-order valence-electron chi connectivity index (χ4n) is 5.24. The fraction of sp³-hybridized carbons (Fsp3) is 0.690. The van der Waals surface area contributed by atoms with Crippen LogP contribution in [0.3, 0.4) is 0 Å². The van der Waals surface area contributed by atoms with Crippen molar-refractivity contribution in [3.8, 4) is 0 Å². The standard InChI is InChI=1S/C29H48N7O19P3S/c1-29(2,24(42)27(43)32-10-9-18(37)31-11-12-59-20(40)8-6-4-3-5-7-19(38)39)14-52-58(49,50)55-57(47,48)51-13-17-23(54-56(44,45)46)22(41)28(53-17)36-16-35-21-25(30)33-15-34-26(21)36/h15-17,22-24,28,41-42H,3-14H2,1-2H3,(H,31,37)(H,32,43)(H,38,39)(H,47,48)(H,49,50)(H2,30,33,34)(H2,44,45,46)/p-5/t17-,22-,23-,24+,28-/m1/s1. The maximum Gasteiger partial charge on any atom is 0.274 e. The number of nitrogens with one attached hydrogen (secondary N) is 2. The summed E-state index contributed by atoms with van der Waals surface area (Å²) < 4.78 is 60.5. The number of hydrogen-bond acceptors (Lipinski definition) is 24. The maximum absolute atomic E-state index is 12.5. The number of aliphatic carboxylic acids is 1. The molecule has 59 heavy (non-hydrogen) atoms. The number of anilines is 1. The molecule has 0 spiro atoms. The minimum atomic E-state index is -5.93. The highest BCUT2D eigenvalue weighted by Crippen LogP contribution is 2.56. The van der Waals surface area contributed by atoms with Gasteiger partial charge in [0.2, 0.25) is 11.8 Å². The highest BCUT2D eigenvalue weighted by Gasteiger charge is 2.47. The number of carbonyl (C=O) groups is 4. The molecule has 0 aliphatic carbocycles. The van der Waals surface area contributed by atoms with Gasteiger partial charge in [-0.3, -0.25) is 28.1 Å². The molecule has 2 unspecified atom stereocenters. The van der Waals surface area contributed by atoms with Crippen LogP contribution < -0.4 is 41.0 Å². The van der Waals surface area contributed by atoms with Crippen molar-refractivity contribution in [2.45, 2.75) is 89.4 Å². The van der Waals surface area contributed by atoms with E-state index in [0.29, 0.717) is 32.1 Å². The monoisotopic (exact) mass is 918 g/mol. The molecule has 2 amide bonds. The number of hydrogen-bond donors (Lipinski definition) is 5. The summed E-state index contributed by atoms with van der Waals surface area (Å²) in [4.78, 5) is 106. The Kier molecular flexibility index (Phi) is 19.0. The lowest BCUT2D eigenvalue weighted by Gasteiger charge is -2.36. The quantitative estimate of drug-likeness (QED) is 0.0446. The van der Waals surface area contributed by atoms with Gasteiger partial charge in [0.25, 0.3) is 15.6 Å². The second kappa shape index (κ2) is 22.2. The van der Waals surface area contributed by atoms with Crippen molar-refractivity contribution in [3.05, 3.63) is 12.7 Å². The molecule has 1 saturated heterocycles. The average molecular weight is 919 g/mol. The molecule has 334 valence electrons. The molecular formula is C29H43N7O19P3S-5. The van der Waals surface area contributed by atoms with Crippen LogP contribution in [0.5, 0.6) is 0 Å². The number of nitrogens with two attached hydrogens (primary N) is 1. The van der Waals surface area contributed by atoms with Crippen LogP contribution in [-0.4, -0.2) is 109 Å². The van der Waals surface area contributed by atoms with E-state index in [9.17, 15) is 67.8 Å². The third kappa shape index (κ3) is 16.8. The molecule has 2 aromatic heterocycles. The number of aromatic nitrogens is 4. The van der Waals surface area contributed by atoms with Crippen LogP contribution >= 0.6 is 35.2 Å². The van der Waals surface area contributed by atoms with Gasteiger partial charge in [-0.05, 0) is 19.3 Å². The van der Waals surface area contributed by atoms with Gasteiger partial charge in [0.1, 0.15) is 36.3 Å². The van der Waals surface area contributed by atoms with Crippen molar-refractivity contribution in [1.82, 2.24) is 30.2 Å². The first-order chi connectivity index (χ1) is 27.4. The number of carbonyl (C=O) groups excluding carboxylic acids is 4. The molecule has 30 heteroatoms. The Bertz CT molecular complexity index is 1920. The lowest BCUT2D eigenvalue weighted by Crippen LogP contribution is -2.46. The third-order valence-corrected chi connectivity index (χ3v) is 12.2. The number of amides is 2. The number of aliphatic hydroxyl groups excluding tert-OH is 2. The van der Waals surface area contributed by atoms with Gasteiger partial charge in [0.05, 0.1) is 27.4 Å². The molecule has 7 atom stereocenters. The fourth-order valence-corrected chi connectivity index (χ4v) is 8.69. The van der Waals surface area contributed by atoms with Gasteiger partial charge in [0, 0.05) is 43.1 Å². The summed E-state index contributed by atoms with van der Waals surface area (Å²) in [6.45, 7) is -0.0347. The molecule has 3 rings (SSSR count). The van der Waals surface area contributed by atoms with Crippen molar-refractivity contribution in [3.63, 3.8) is 0 Å². The number of aliphatic hydroxyl groups is 2. The summed E-state index contributed by atoms with van der Waals surface area (Å²) in [5.41, 5.74) is 4.03. The van der Waals surface area contributed by atoms with Crippen LogP contribution in [-0.2, 0) is 55.5 Å². The van der Waals surface area contributed by atoms with Crippen molar-refractivity contribution >= 4 is 75.1 Å². The number of phosphoric acid groups is 3. The van der Waals surface area contributed by atoms with Crippen LogP contribution in [0.2, 0.25) is 0 Å². The Morgan fingerprint density at radius 1 is 0.983 bits per heavy atom. The van der Waals surface area contributed by atoms with E-state index in [2.05, 4.69) is 43.5 Å². The molecule has 1 fully saturated rings. The van der Waals surface area contributed by atoms with Gasteiger partial charge in [-0.15, -0.1) is 0 Å². The maximum atomic E-state index is 12.5. The van der Waals surface area contributed by atoms with E-state index in [1.54, 1.807) is 0 Å². The second-order valence-corrected chi connectivity index (χ2v) is 18.7. The Labute approximate surface area is 340 Å². The van der Waals surface area contributed by atoms with E-state index in [0.717, 1.165) is 29.0 Å². The van der Waals surface area contributed by atoms with Crippen molar-refractivity contribution in [2.24, 2.45) is 5.41 Å². The van der Waals surface area contributed by atoms with E-state index >= 15 is 0 Å². The SMILES string of the molecule is CC(C)(COP(=O)([O-])OP(=O)([O-])OC[C@H]1O[C@@H](n2cnc3c(N)ncnc32)[C@H](O)[C@@H]1OP(=O)([O-])[O-])[C@@H](O)C(=O)NCCC(=O)NCCSC(=O)CCCCCCC(=O)[O-]. The predicted molar refractivity (Wildman–Crippen MR) is 191 cm³/mol. The molecule has 26 nitrogen and oxygen atoms in total. The van der Waals surface area contributed by atoms with E-state index in [1.807, 2.05) is 0 Å². The van der Waals surface area contributed by atoms with Gasteiger partial charge >= 0.3 is 0 Å². The van der Waals surface area contributed by atoms with Crippen LogP contribution in [0, 0.1) is 5.41 Å². The summed E-state index contributed by atoms with van der Waals surface area (Å²) in [6.07, 6.45) is -4.97. The number of rotatable bonds is 26. The summed E-state index contributed by atoms with van der Waals surface area (Å²) in [7, 11) is -17.6. The number of imidazole rings is 1. The van der Waals surface area contributed by atoms with Crippen molar-refractivity contribution in [1.29, 1.82) is 0 Å². The Balaban J connectivity index is 1.42. The number of phosphoric ester groups is 3. The first-order valence-electron chi connectivity index (χ1n) is 17.6. The highest BCUT2D eigenvalue weighted by molar-refractivity contribution is 8.13. The van der Waals surface area contributed by atoms with Gasteiger partial charge in [-0.1, -0.05) is 38.5 Å². The summed E-state index contributed by atoms with van der Waals surface area (Å²) in [5.74, 6) is -2.44. The van der Waals surface area contributed by atoms with Gasteiger partial charge in [-0.25, -0.2) is 19.3 Å². The first-order valence-corrected chi connectivity index (χ1v) is 23.0. The topological polar surface area (TPSA) is 415 Å². The highest BCUT2D eigenvalue weighted by atomic mass is 32.2. The zero-order chi connectivity index (χ0) is 44.2. The largest absolute Gasteiger partial charge is 0.790 e. The van der Waals surface area contributed by atoms with Crippen LogP contribution in [0.4, 0.5) is 5.82 Å². The van der Waals surface area contributed by atoms with E-state index < -0.39 is 90.5 Å². The average Bonchev–Trinajstić information content (AvgIpc) is 3.69. The molecule has 1 aliphatic heterocycles. The molecule has 0 radical (unpaired) electrons. The van der Waals surface area contributed by atoms with Gasteiger partial charge in [0.15, 0.2) is 22.8 Å². The molecular weight excluding hydrogens is 875 g/mol. The van der Waals surface area contributed by atoms with Gasteiger partial charge in [-0.2, -0.15) is 0 Å². The Morgan fingerprint density at radius 3 is 2.31 bits per heavy atom. The number of nitrogens with zero attached hydrogens (tertiary/aromatic N) is 4. The normalized spacial score (nSPS) is 21.1. The zero-order valence-corrected chi connectivity index (χ0v) is 35.0. The second-order valence-electron chi connectivity index (χ2n) is 13.5. The van der Waals surface area contributed by atoms with E-state index in [1.165, 1.54) is 13.8 Å². The first kappa shape index (κ1) is 50.4. The third-order valence-electron chi connectivity index (χ3n) is 8.25. The summed E-state index contributed by atoms with van der Waals surface area (Å²) >= 11 is 1.02. The van der Waals surface area contributed by atoms with E-state index in [4.69, 9.17) is 10.5 Å². The molecule has 0 aromatic carbocycles. The predicted octanol–water partition coefficient (Wildman–Crippen LogP) is -3.77. The van der Waals surface area contributed by atoms with Crippen LogP contribution in [0.25, 0.3) is 11.2 Å². The van der Waals surface area contributed by atoms with E-state index in [-0.39, 0.29) is 53.8 Å². The summed E-state index contributed by atoms with van der Waals surface area (Å²) in [5, 5.41) is 36.5. The minimum Gasteiger partial charge on any atom is -0.790 e. The summed E-state index contributed by atoms with van der Waals surface area (Å²) in [6, 6.07) is 0. The minimum absolute atomic E-state index is 0.0276. The van der Waals surface area contributed by atoms with Crippen molar-refractivity contribution < 1.29 is 90.4 Å². The van der Waals surface area contributed by atoms with Gasteiger partial charge < -0.3 is 78.9 Å². The molecule has 2 aromatic rings. The van der Waals surface area contributed by atoms with Crippen molar-refractivity contribution in [2.75, 3.05) is 37.8 Å². The number of ether oxygens (including phenoxy) is 1. The zero-order valence-electron chi connectivity index (χ0n) is 31.5. The molecule has 6 N–H and O–H groups in total. The van der Waals surface area contributed by atoms with Crippen LogP contribution in [0.15, 0.2) is 12.7 Å². The number of nitrogen functional groups attached to an aromatic ring is 1. The molecule has 1 aliphatic rings. The molecule has 3 heterocycles. The Morgan fingerprint density at radius 2 is 1.64 bits per heavy atom. The molecule has 0 saturated carbocycles. The number of carboxylic acid groups (broad SMARTS) is 1.